The highest BCUT2D eigenvalue weighted by molar-refractivity contribution is 5.98. The van der Waals surface area contributed by atoms with Crippen LogP contribution in [0.3, 0.4) is 0 Å². The van der Waals surface area contributed by atoms with Gasteiger partial charge in [0.1, 0.15) is 11.3 Å². The van der Waals surface area contributed by atoms with Gasteiger partial charge in [0, 0.05) is 6.20 Å². The van der Waals surface area contributed by atoms with E-state index < -0.39 is 17.4 Å². The van der Waals surface area contributed by atoms with Gasteiger partial charge >= 0.3 is 5.97 Å². The highest BCUT2D eigenvalue weighted by Crippen LogP contribution is 2.29. The van der Waals surface area contributed by atoms with Crippen molar-refractivity contribution in [2.45, 2.75) is 44.1 Å². The lowest BCUT2D eigenvalue weighted by atomic mass is 9.90. The van der Waals surface area contributed by atoms with Crippen LogP contribution in [0.1, 0.15) is 49.0 Å². The summed E-state index contributed by atoms with van der Waals surface area (Å²) >= 11 is 0. The second-order valence-corrected chi connectivity index (χ2v) is 5.31. The molecule has 0 aliphatic heterocycles. The molecule has 1 fully saturated rings. The predicted octanol–water partition coefficient (Wildman–Crippen LogP) is 1.78. The molecule has 1 heterocycles. The van der Waals surface area contributed by atoms with Crippen LogP contribution in [0.25, 0.3) is 0 Å². The minimum absolute atomic E-state index is 0.0787. The quantitative estimate of drug-likeness (QED) is 0.655. The lowest BCUT2D eigenvalue weighted by Crippen LogP contribution is -2.55. The maximum absolute atomic E-state index is 12.3. The van der Waals surface area contributed by atoms with E-state index in [0.29, 0.717) is 12.8 Å². The normalized spacial score (nSPS) is 17.6. The summed E-state index contributed by atoms with van der Waals surface area (Å²) in [6.45, 7) is 0. The average molecular weight is 292 g/mol. The first-order chi connectivity index (χ1) is 10.1. The number of nitrogens with one attached hydrogen (secondary N) is 1. The van der Waals surface area contributed by atoms with Crippen molar-refractivity contribution < 1.29 is 19.4 Å². The van der Waals surface area contributed by atoms with Gasteiger partial charge in [0.2, 0.25) is 0 Å². The second kappa shape index (κ2) is 6.56. The summed E-state index contributed by atoms with van der Waals surface area (Å²) in [6.07, 6.45) is 6.27. The molecule has 0 unspecified atom stereocenters. The summed E-state index contributed by atoms with van der Waals surface area (Å²) in [6, 6.07) is 2.92. The largest absolute Gasteiger partial charge is 0.505 e. The second-order valence-electron chi connectivity index (χ2n) is 5.31. The fourth-order valence-corrected chi connectivity index (χ4v) is 2.76. The molecule has 1 aliphatic carbocycles. The smallest absolute Gasteiger partial charge is 0.331 e. The fourth-order valence-electron chi connectivity index (χ4n) is 2.76. The zero-order chi connectivity index (χ0) is 15.3. The van der Waals surface area contributed by atoms with Crippen molar-refractivity contribution >= 4 is 11.9 Å². The molecule has 2 rings (SSSR count). The van der Waals surface area contributed by atoms with Gasteiger partial charge in [0.05, 0.1) is 7.11 Å². The molecule has 0 spiro atoms. The first-order valence-corrected chi connectivity index (χ1v) is 7.14. The first kappa shape index (κ1) is 15.3. The van der Waals surface area contributed by atoms with E-state index in [4.69, 9.17) is 4.74 Å². The number of aromatic hydroxyl groups is 1. The molecule has 1 saturated carbocycles. The number of rotatable bonds is 3. The van der Waals surface area contributed by atoms with Crippen molar-refractivity contribution in [2.24, 2.45) is 0 Å². The van der Waals surface area contributed by atoms with Gasteiger partial charge in [-0.25, -0.2) is 9.78 Å². The Balaban J connectivity index is 2.24. The number of esters is 1. The molecule has 6 nitrogen and oxygen atoms in total. The SMILES string of the molecule is COC(=O)C1(NC(=O)c2ncccc2O)CCCCCC1. The van der Waals surface area contributed by atoms with Crippen LogP contribution < -0.4 is 5.32 Å². The standard InChI is InChI=1S/C15H20N2O4/c1-21-14(20)15(8-4-2-3-5-9-15)17-13(19)12-11(18)7-6-10-16-12/h6-7,10,18H,2-5,8-9H2,1H3,(H,17,19). The Kier molecular flexibility index (Phi) is 4.77. The molecule has 0 atom stereocenters. The summed E-state index contributed by atoms with van der Waals surface area (Å²) in [4.78, 5) is 28.4. The maximum Gasteiger partial charge on any atom is 0.331 e. The van der Waals surface area contributed by atoms with Crippen molar-refractivity contribution in [3.63, 3.8) is 0 Å². The number of nitrogens with zero attached hydrogens (tertiary/aromatic N) is 1. The van der Waals surface area contributed by atoms with Gasteiger partial charge in [-0.05, 0) is 25.0 Å². The maximum atomic E-state index is 12.3. The number of carbonyl (C=O) groups is 2. The molecule has 1 amide bonds. The van der Waals surface area contributed by atoms with Crippen LogP contribution in [0, 0.1) is 0 Å². The van der Waals surface area contributed by atoms with E-state index in [9.17, 15) is 14.7 Å². The Bertz CT molecular complexity index is 522. The molecule has 21 heavy (non-hydrogen) atoms. The molecular weight excluding hydrogens is 272 g/mol. The van der Waals surface area contributed by atoms with Gasteiger partial charge in [0.25, 0.3) is 5.91 Å². The van der Waals surface area contributed by atoms with Crippen LogP contribution in [0.5, 0.6) is 5.75 Å². The number of ether oxygens (including phenoxy) is 1. The monoisotopic (exact) mass is 292 g/mol. The van der Waals surface area contributed by atoms with E-state index in [1.165, 1.54) is 25.4 Å². The number of hydrogen-bond donors (Lipinski definition) is 2. The van der Waals surface area contributed by atoms with Crippen molar-refractivity contribution in [3.05, 3.63) is 24.0 Å². The number of carbonyl (C=O) groups excluding carboxylic acids is 2. The Morgan fingerprint density at radius 1 is 1.29 bits per heavy atom. The molecule has 0 saturated heterocycles. The van der Waals surface area contributed by atoms with E-state index in [0.717, 1.165) is 25.7 Å². The molecule has 2 N–H and O–H groups in total. The summed E-state index contributed by atoms with van der Waals surface area (Å²) in [5, 5.41) is 12.5. The van der Waals surface area contributed by atoms with Crippen molar-refractivity contribution in [3.8, 4) is 5.75 Å². The third-order valence-electron chi connectivity index (χ3n) is 3.89. The van der Waals surface area contributed by atoms with Crippen LogP contribution in [0.15, 0.2) is 18.3 Å². The summed E-state index contributed by atoms with van der Waals surface area (Å²) in [5.41, 5.74) is -1.10. The number of pyridine rings is 1. The van der Waals surface area contributed by atoms with E-state index in [-0.39, 0.29) is 11.4 Å². The van der Waals surface area contributed by atoms with Gasteiger partial charge in [-0.3, -0.25) is 4.79 Å². The third kappa shape index (κ3) is 3.32. The van der Waals surface area contributed by atoms with E-state index in [1.807, 2.05) is 0 Å². The lowest BCUT2D eigenvalue weighted by molar-refractivity contribution is -0.148. The number of hydrogen-bond acceptors (Lipinski definition) is 5. The Labute approximate surface area is 123 Å². The molecule has 6 heteroatoms. The first-order valence-electron chi connectivity index (χ1n) is 7.14. The highest BCUT2D eigenvalue weighted by atomic mass is 16.5. The van der Waals surface area contributed by atoms with E-state index >= 15 is 0 Å². The van der Waals surface area contributed by atoms with Crippen LogP contribution in [0.2, 0.25) is 0 Å². The van der Waals surface area contributed by atoms with Crippen molar-refractivity contribution in [1.29, 1.82) is 0 Å². The van der Waals surface area contributed by atoms with Gasteiger partial charge in [-0.15, -0.1) is 0 Å². The van der Waals surface area contributed by atoms with Crippen LogP contribution in [-0.2, 0) is 9.53 Å². The van der Waals surface area contributed by atoms with Crippen LogP contribution >= 0.6 is 0 Å². The topological polar surface area (TPSA) is 88.5 Å². The molecule has 1 aromatic heterocycles. The fraction of sp³-hybridized carbons (Fsp3) is 0.533. The van der Waals surface area contributed by atoms with Crippen molar-refractivity contribution in [1.82, 2.24) is 10.3 Å². The molecule has 0 bridgehead atoms. The van der Waals surface area contributed by atoms with Gasteiger partial charge in [0.15, 0.2) is 5.69 Å². The van der Waals surface area contributed by atoms with Crippen LogP contribution in [0.4, 0.5) is 0 Å². The number of amides is 1. The molecule has 0 radical (unpaired) electrons. The zero-order valence-corrected chi connectivity index (χ0v) is 12.1. The Morgan fingerprint density at radius 2 is 1.95 bits per heavy atom. The molecule has 0 aromatic carbocycles. The van der Waals surface area contributed by atoms with Crippen molar-refractivity contribution in [2.75, 3.05) is 7.11 Å². The Hall–Kier alpha value is -2.11. The molecule has 1 aliphatic rings. The average Bonchev–Trinajstić information content (AvgIpc) is 2.73. The van der Waals surface area contributed by atoms with E-state index in [1.54, 1.807) is 0 Å². The minimum atomic E-state index is -1.02. The van der Waals surface area contributed by atoms with Gasteiger partial charge in [-0.2, -0.15) is 0 Å². The summed E-state index contributed by atoms with van der Waals surface area (Å²) in [5.74, 6) is -1.20. The minimum Gasteiger partial charge on any atom is -0.505 e. The van der Waals surface area contributed by atoms with E-state index in [2.05, 4.69) is 10.3 Å². The highest BCUT2D eigenvalue weighted by Gasteiger charge is 2.41. The number of methoxy groups -OCH3 is 1. The lowest BCUT2D eigenvalue weighted by Gasteiger charge is -2.30. The van der Waals surface area contributed by atoms with Crippen LogP contribution in [-0.4, -0.2) is 34.6 Å². The molecular formula is C15H20N2O4. The third-order valence-corrected chi connectivity index (χ3v) is 3.89. The van der Waals surface area contributed by atoms with Gasteiger partial charge < -0.3 is 15.2 Å². The molecule has 114 valence electrons. The number of aromatic nitrogens is 1. The predicted molar refractivity (Wildman–Crippen MR) is 75.8 cm³/mol. The summed E-state index contributed by atoms with van der Waals surface area (Å²) < 4.78 is 4.88. The molecule has 1 aromatic rings. The Morgan fingerprint density at radius 3 is 2.52 bits per heavy atom. The summed E-state index contributed by atoms with van der Waals surface area (Å²) in [7, 11) is 1.32. The van der Waals surface area contributed by atoms with Gasteiger partial charge in [-0.1, -0.05) is 25.7 Å². The zero-order valence-electron chi connectivity index (χ0n) is 12.1.